The van der Waals surface area contributed by atoms with Crippen LogP contribution in [-0.2, 0) is 18.9 Å². The zero-order valence-corrected chi connectivity index (χ0v) is 16.2. The van der Waals surface area contributed by atoms with Gasteiger partial charge in [0.15, 0.2) is 24.1 Å². The quantitative estimate of drug-likeness (QED) is 0.305. The van der Waals surface area contributed by atoms with Gasteiger partial charge in [-0.3, -0.25) is 0 Å². The molecule has 8 nitrogen and oxygen atoms in total. The number of hydrogen-bond acceptors (Lipinski definition) is 6. The number of methoxy groups -OCH3 is 1. The molecule has 2 aromatic carbocycles. The molecule has 2 heterocycles. The maximum absolute atomic E-state index is 14.3. The second-order valence-corrected chi connectivity index (χ2v) is 6.93. The molecule has 2 aliphatic heterocycles. The highest BCUT2D eigenvalue weighted by Gasteiger charge is 2.51. The van der Waals surface area contributed by atoms with Crippen molar-refractivity contribution in [2.45, 2.75) is 36.9 Å². The van der Waals surface area contributed by atoms with E-state index in [1.165, 1.54) is 7.11 Å². The molecule has 11 heteroatoms. The van der Waals surface area contributed by atoms with Crippen LogP contribution in [0.1, 0.15) is 11.9 Å². The number of ether oxygens (including phenoxy) is 5. The maximum atomic E-state index is 14.3. The zero-order valence-electron chi connectivity index (χ0n) is 16.2. The van der Waals surface area contributed by atoms with E-state index in [-0.39, 0.29) is 6.61 Å². The lowest BCUT2D eigenvalue weighted by atomic mass is 9.96. The molecule has 0 bridgehead atoms. The van der Waals surface area contributed by atoms with E-state index in [4.69, 9.17) is 29.2 Å². The topological polar surface area (TPSA) is 94.9 Å². The summed E-state index contributed by atoms with van der Waals surface area (Å²) in [6.07, 6.45) is -4.74. The van der Waals surface area contributed by atoms with Crippen molar-refractivity contribution in [3.63, 3.8) is 0 Å². The lowest BCUT2D eigenvalue weighted by Gasteiger charge is -2.47. The normalized spacial score (nSPS) is 30.2. The average molecular weight is 437 g/mol. The summed E-state index contributed by atoms with van der Waals surface area (Å²) in [7, 11) is 1.32. The van der Waals surface area contributed by atoms with Crippen molar-refractivity contribution in [2.24, 2.45) is 5.11 Å². The van der Waals surface area contributed by atoms with Crippen molar-refractivity contribution < 1.29 is 36.9 Å². The summed E-state index contributed by atoms with van der Waals surface area (Å²) in [4.78, 5) is 2.78. The SMILES string of the molecule is CO[C@@H]1O[C@@H]2CO[C@@H](c3ccccc3)O[C@H]2[C@H](Oc2cc(F)cc(F)c2F)[C@H]1N=[N+]=[N-]. The van der Waals surface area contributed by atoms with Gasteiger partial charge < -0.3 is 23.7 Å². The smallest absolute Gasteiger partial charge is 0.200 e. The molecule has 0 unspecified atom stereocenters. The molecule has 0 N–H and O–H groups in total. The number of hydrogen-bond donors (Lipinski definition) is 0. The van der Waals surface area contributed by atoms with Gasteiger partial charge in [0.25, 0.3) is 0 Å². The minimum absolute atomic E-state index is 0.0624. The third-order valence-corrected chi connectivity index (χ3v) is 5.02. The molecule has 2 saturated heterocycles. The van der Waals surface area contributed by atoms with Crippen LogP contribution >= 0.6 is 0 Å². The van der Waals surface area contributed by atoms with Crippen LogP contribution in [0, 0.1) is 17.5 Å². The first kappa shape index (κ1) is 21.4. The van der Waals surface area contributed by atoms with E-state index in [1.54, 1.807) is 24.3 Å². The standard InChI is InChI=1S/C20H18F3N3O5/c1-27-20-16(25-26-24)18(29-13-8-11(21)7-12(22)15(13)23)17-14(30-20)9-28-19(31-17)10-5-3-2-4-6-10/h2-8,14,16-20H,9H2,1H3/t14-,16-,17-,18-,19-,20-/m1/s1. The van der Waals surface area contributed by atoms with Crippen LogP contribution in [0.15, 0.2) is 47.6 Å². The second kappa shape index (κ2) is 9.13. The monoisotopic (exact) mass is 437 g/mol. The van der Waals surface area contributed by atoms with Crippen LogP contribution in [0.5, 0.6) is 5.75 Å². The van der Waals surface area contributed by atoms with Gasteiger partial charge in [-0.05, 0) is 5.53 Å². The van der Waals surface area contributed by atoms with Crippen molar-refractivity contribution in [3.05, 3.63) is 75.9 Å². The first-order chi connectivity index (χ1) is 15.0. The Morgan fingerprint density at radius 1 is 1.13 bits per heavy atom. The molecule has 4 rings (SSSR count). The first-order valence-electron chi connectivity index (χ1n) is 9.37. The highest BCUT2D eigenvalue weighted by atomic mass is 19.2. The Morgan fingerprint density at radius 3 is 2.61 bits per heavy atom. The number of azide groups is 1. The van der Waals surface area contributed by atoms with Crippen molar-refractivity contribution in [2.75, 3.05) is 13.7 Å². The minimum Gasteiger partial charge on any atom is -0.484 e. The van der Waals surface area contributed by atoms with Crippen molar-refractivity contribution in [1.82, 2.24) is 0 Å². The molecule has 2 aliphatic rings. The Labute approximate surface area is 175 Å². The lowest BCUT2D eigenvalue weighted by Crippen LogP contribution is -2.63. The molecule has 0 saturated carbocycles. The van der Waals surface area contributed by atoms with Gasteiger partial charge in [0.05, 0.1) is 6.61 Å². The average Bonchev–Trinajstić information content (AvgIpc) is 2.78. The molecular weight excluding hydrogens is 419 g/mol. The fraction of sp³-hybridized carbons (Fsp3) is 0.400. The summed E-state index contributed by atoms with van der Waals surface area (Å²) < 4.78 is 70.1. The van der Waals surface area contributed by atoms with Gasteiger partial charge in [0, 0.05) is 29.7 Å². The highest BCUT2D eigenvalue weighted by Crippen LogP contribution is 2.37. The molecule has 6 atom stereocenters. The molecule has 0 amide bonds. The van der Waals surface area contributed by atoms with Crippen molar-refractivity contribution in [3.8, 4) is 5.75 Å². The molecule has 2 aromatic rings. The van der Waals surface area contributed by atoms with Gasteiger partial charge in [-0.1, -0.05) is 35.4 Å². The van der Waals surface area contributed by atoms with Crippen LogP contribution in [0.4, 0.5) is 13.2 Å². The highest BCUT2D eigenvalue weighted by molar-refractivity contribution is 5.27. The molecule has 164 valence electrons. The Morgan fingerprint density at radius 2 is 1.90 bits per heavy atom. The lowest BCUT2D eigenvalue weighted by molar-refractivity contribution is -0.336. The Bertz CT molecular complexity index is 976. The summed E-state index contributed by atoms with van der Waals surface area (Å²) in [5.74, 6) is -4.53. The fourth-order valence-electron chi connectivity index (χ4n) is 3.62. The summed E-state index contributed by atoms with van der Waals surface area (Å²) >= 11 is 0. The third-order valence-electron chi connectivity index (χ3n) is 5.02. The molecule has 0 aromatic heterocycles. The Kier molecular flexibility index (Phi) is 6.30. The fourth-order valence-corrected chi connectivity index (χ4v) is 3.62. The van der Waals surface area contributed by atoms with E-state index in [0.29, 0.717) is 17.7 Å². The number of rotatable bonds is 5. The van der Waals surface area contributed by atoms with Gasteiger partial charge in [0.1, 0.15) is 30.2 Å². The van der Waals surface area contributed by atoms with E-state index in [9.17, 15) is 13.2 Å². The molecular formula is C20H18F3N3O5. The van der Waals surface area contributed by atoms with Crippen LogP contribution in [0.2, 0.25) is 0 Å². The summed E-state index contributed by atoms with van der Waals surface area (Å²) in [6.45, 7) is 0.0624. The molecule has 2 fully saturated rings. The largest absolute Gasteiger partial charge is 0.484 e. The van der Waals surface area contributed by atoms with Gasteiger partial charge in [-0.15, -0.1) is 0 Å². The van der Waals surface area contributed by atoms with Crippen LogP contribution in [0.25, 0.3) is 10.4 Å². The van der Waals surface area contributed by atoms with E-state index in [2.05, 4.69) is 10.0 Å². The van der Waals surface area contributed by atoms with E-state index < -0.39 is 60.1 Å². The maximum Gasteiger partial charge on any atom is 0.200 e. The Balaban J connectivity index is 1.70. The third kappa shape index (κ3) is 4.32. The first-order valence-corrected chi connectivity index (χ1v) is 9.37. The summed E-state index contributed by atoms with van der Waals surface area (Å²) in [5, 5.41) is 3.65. The van der Waals surface area contributed by atoms with E-state index in [1.807, 2.05) is 6.07 Å². The molecule has 0 aliphatic carbocycles. The Hall–Kier alpha value is -2.82. The molecule has 0 spiro atoms. The number of benzene rings is 2. The number of fused-ring (bicyclic) bond motifs is 1. The van der Waals surface area contributed by atoms with Gasteiger partial charge in [0.2, 0.25) is 5.82 Å². The van der Waals surface area contributed by atoms with Crippen LogP contribution in [0.3, 0.4) is 0 Å². The summed E-state index contributed by atoms with van der Waals surface area (Å²) in [6, 6.07) is 8.95. The summed E-state index contributed by atoms with van der Waals surface area (Å²) in [5.41, 5.74) is 9.72. The van der Waals surface area contributed by atoms with Gasteiger partial charge in [-0.2, -0.15) is 4.39 Å². The zero-order chi connectivity index (χ0) is 22.0. The van der Waals surface area contributed by atoms with Crippen LogP contribution in [-0.4, -0.2) is 44.4 Å². The van der Waals surface area contributed by atoms with E-state index in [0.717, 1.165) is 0 Å². The minimum atomic E-state index is -1.42. The van der Waals surface area contributed by atoms with Crippen LogP contribution < -0.4 is 4.74 Å². The van der Waals surface area contributed by atoms with E-state index >= 15 is 0 Å². The van der Waals surface area contributed by atoms with Gasteiger partial charge in [-0.25, -0.2) is 8.78 Å². The molecule has 0 radical (unpaired) electrons. The number of nitrogens with zero attached hydrogens (tertiary/aromatic N) is 3. The predicted octanol–water partition coefficient (Wildman–Crippen LogP) is 4.02. The second-order valence-electron chi connectivity index (χ2n) is 6.93. The van der Waals surface area contributed by atoms with Gasteiger partial charge >= 0.3 is 0 Å². The van der Waals surface area contributed by atoms with Crippen molar-refractivity contribution in [1.29, 1.82) is 0 Å². The number of halogens is 3. The van der Waals surface area contributed by atoms with Crippen molar-refractivity contribution >= 4 is 0 Å². The predicted molar refractivity (Wildman–Crippen MR) is 99.3 cm³/mol. The molecule has 31 heavy (non-hydrogen) atoms.